The van der Waals surface area contributed by atoms with E-state index in [1.54, 1.807) is 0 Å². The summed E-state index contributed by atoms with van der Waals surface area (Å²) in [6, 6.07) is 5.90. The molecule has 0 fully saturated rings. The Labute approximate surface area is 127 Å². The highest BCUT2D eigenvalue weighted by molar-refractivity contribution is 7.13. The summed E-state index contributed by atoms with van der Waals surface area (Å²) in [6.45, 7) is 3.15. The number of hydrogen-bond acceptors (Lipinski definition) is 5. The third-order valence-corrected chi connectivity index (χ3v) is 4.39. The molecular weight excluding hydrogens is 284 g/mol. The molecule has 3 rings (SSSR count). The van der Waals surface area contributed by atoms with Crippen LogP contribution >= 0.6 is 11.3 Å². The largest absolute Gasteiger partial charge is 0.399 e. The summed E-state index contributed by atoms with van der Waals surface area (Å²) in [7, 11) is 0. The zero-order valence-corrected chi connectivity index (χ0v) is 12.7. The lowest BCUT2D eigenvalue weighted by Crippen LogP contribution is -2.36. The lowest BCUT2D eigenvalue weighted by Gasteiger charge is -2.30. The number of hydrogen-bond donors (Lipinski definition) is 2. The van der Waals surface area contributed by atoms with Crippen molar-refractivity contribution in [3.8, 4) is 0 Å². The van der Waals surface area contributed by atoms with Gasteiger partial charge in [0.05, 0.1) is 12.2 Å². The van der Waals surface area contributed by atoms with Crippen molar-refractivity contribution in [1.82, 2.24) is 4.98 Å². The van der Waals surface area contributed by atoms with E-state index in [0.29, 0.717) is 11.7 Å². The van der Waals surface area contributed by atoms with E-state index in [1.807, 2.05) is 30.5 Å². The van der Waals surface area contributed by atoms with Crippen molar-refractivity contribution in [3.05, 3.63) is 34.8 Å². The minimum atomic E-state index is -0.0333. The second-order valence-corrected chi connectivity index (χ2v) is 6.11. The summed E-state index contributed by atoms with van der Waals surface area (Å²) in [5.74, 6) is -0.0333. The number of amides is 1. The van der Waals surface area contributed by atoms with Gasteiger partial charge in [0.25, 0.3) is 0 Å². The van der Waals surface area contributed by atoms with E-state index in [-0.39, 0.29) is 5.91 Å². The molecule has 5 nitrogen and oxygen atoms in total. The highest BCUT2D eigenvalue weighted by Gasteiger charge is 2.19. The molecule has 1 aromatic heterocycles. The lowest BCUT2D eigenvalue weighted by atomic mass is 10.0. The van der Waals surface area contributed by atoms with Gasteiger partial charge in [-0.05, 0) is 43.5 Å². The predicted octanol–water partition coefficient (Wildman–Crippen LogP) is 2.43. The molecule has 0 atom stereocenters. The molecule has 1 aliphatic rings. The first-order valence-corrected chi connectivity index (χ1v) is 7.85. The van der Waals surface area contributed by atoms with Crippen LogP contribution in [0.25, 0.3) is 0 Å². The Bertz CT molecular complexity index is 667. The minimum absolute atomic E-state index is 0.0333. The fraction of sp³-hybridized carbons (Fsp3) is 0.333. The molecule has 0 bridgehead atoms. The number of nitrogens with two attached hydrogens (primary N) is 1. The van der Waals surface area contributed by atoms with Gasteiger partial charge in [-0.1, -0.05) is 0 Å². The number of aromatic nitrogens is 1. The molecule has 0 spiro atoms. The van der Waals surface area contributed by atoms with E-state index < -0.39 is 0 Å². The van der Waals surface area contributed by atoms with E-state index in [4.69, 9.17) is 5.73 Å². The van der Waals surface area contributed by atoms with Gasteiger partial charge < -0.3 is 16.0 Å². The number of anilines is 3. The molecule has 6 heteroatoms. The van der Waals surface area contributed by atoms with Gasteiger partial charge in [-0.15, -0.1) is 11.3 Å². The van der Waals surface area contributed by atoms with Crippen LogP contribution in [-0.4, -0.2) is 24.0 Å². The van der Waals surface area contributed by atoms with E-state index in [0.717, 1.165) is 36.5 Å². The first-order valence-electron chi connectivity index (χ1n) is 6.97. The molecule has 3 N–H and O–H groups in total. The van der Waals surface area contributed by atoms with Gasteiger partial charge in [0.15, 0.2) is 5.13 Å². The number of aryl methyl sites for hydroxylation is 2. The maximum absolute atomic E-state index is 12.2. The predicted molar refractivity (Wildman–Crippen MR) is 86.9 cm³/mol. The van der Waals surface area contributed by atoms with Crippen molar-refractivity contribution in [2.24, 2.45) is 0 Å². The number of nitrogens with one attached hydrogen (secondary N) is 1. The molecule has 1 aliphatic heterocycles. The van der Waals surface area contributed by atoms with E-state index in [1.165, 1.54) is 16.9 Å². The average Bonchev–Trinajstić information content (AvgIpc) is 2.83. The van der Waals surface area contributed by atoms with Crippen LogP contribution in [0.5, 0.6) is 0 Å². The third-order valence-electron chi connectivity index (χ3n) is 3.52. The Morgan fingerprint density at radius 1 is 1.52 bits per heavy atom. The number of carbonyl (C=O) groups is 1. The molecule has 1 amide bonds. The number of carbonyl (C=O) groups excluding carboxylic acids is 1. The number of nitrogens with zero attached hydrogens (tertiary/aromatic N) is 2. The van der Waals surface area contributed by atoms with E-state index >= 15 is 0 Å². The second kappa shape index (κ2) is 5.73. The van der Waals surface area contributed by atoms with Crippen LogP contribution in [0.2, 0.25) is 0 Å². The highest BCUT2D eigenvalue weighted by Crippen LogP contribution is 2.28. The minimum Gasteiger partial charge on any atom is -0.399 e. The Morgan fingerprint density at radius 2 is 2.38 bits per heavy atom. The van der Waals surface area contributed by atoms with E-state index in [9.17, 15) is 4.79 Å². The molecule has 2 heterocycles. The lowest BCUT2D eigenvalue weighted by molar-refractivity contribution is -0.115. The topological polar surface area (TPSA) is 71.2 Å². The zero-order chi connectivity index (χ0) is 14.8. The van der Waals surface area contributed by atoms with Crippen molar-refractivity contribution >= 4 is 33.8 Å². The third kappa shape index (κ3) is 3.16. The van der Waals surface area contributed by atoms with Crippen LogP contribution in [-0.2, 0) is 11.2 Å². The molecule has 21 heavy (non-hydrogen) atoms. The van der Waals surface area contributed by atoms with Gasteiger partial charge >= 0.3 is 0 Å². The number of rotatable bonds is 3. The molecule has 0 aliphatic carbocycles. The number of thiazole rings is 1. The van der Waals surface area contributed by atoms with Crippen LogP contribution in [0.3, 0.4) is 0 Å². The number of nitrogen functional groups attached to an aromatic ring is 1. The maximum atomic E-state index is 12.2. The molecule has 0 saturated heterocycles. The smallest absolute Gasteiger partial charge is 0.245 e. The number of fused-ring (bicyclic) bond motifs is 1. The molecule has 2 aromatic rings. The van der Waals surface area contributed by atoms with Gasteiger partial charge in [0, 0.05) is 23.3 Å². The Morgan fingerprint density at radius 3 is 3.14 bits per heavy atom. The monoisotopic (exact) mass is 302 g/mol. The van der Waals surface area contributed by atoms with Gasteiger partial charge in [0.1, 0.15) is 0 Å². The molecule has 110 valence electrons. The summed E-state index contributed by atoms with van der Waals surface area (Å²) >= 11 is 1.45. The molecule has 1 aromatic carbocycles. The van der Waals surface area contributed by atoms with E-state index in [2.05, 4.69) is 15.2 Å². The fourth-order valence-electron chi connectivity index (χ4n) is 2.60. The van der Waals surface area contributed by atoms with Gasteiger partial charge in [-0.2, -0.15) is 0 Å². The van der Waals surface area contributed by atoms with Crippen LogP contribution in [0.1, 0.15) is 17.7 Å². The Kier molecular flexibility index (Phi) is 3.79. The van der Waals surface area contributed by atoms with Gasteiger partial charge in [-0.3, -0.25) is 4.79 Å². The summed E-state index contributed by atoms with van der Waals surface area (Å²) in [4.78, 5) is 18.5. The van der Waals surface area contributed by atoms with Crippen molar-refractivity contribution in [3.63, 3.8) is 0 Å². The highest BCUT2D eigenvalue weighted by atomic mass is 32.1. The SMILES string of the molecule is Cc1csc(NC(=O)CN2CCCc3cc(N)ccc32)n1. The van der Waals surface area contributed by atoms with Crippen LogP contribution in [0.4, 0.5) is 16.5 Å². The van der Waals surface area contributed by atoms with Gasteiger partial charge in [-0.25, -0.2) is 4.98 Å². The quantitative estimate of drug-likeness (QED) is 0.854. The average molecular weight is 302 g/mol. The van der Waals surface area contributed by atoms with Crippen LogP contribution < -0.4 is 16.0 Å². The zero-order valence-electron chi connectivity index (χ0n) is 11.9. The number of benzene rings is 1. The van der Waals surface area contributed by atoms with Crippen molar-refractivity contribution in [2.45, 2.75) is 19.8 Å². The first-order chi connectivity index (χ1) is 10.1. The molecule has 0 saturated carbocycles. The molecular formula is C15H18N4OS. The normalized spacial score (nSPS) is 13.9. The van der Waals surface area contributed by atoms with Crippen LogP contribution in [0, 0.1) is 6.92 Å². The summed E-state index contributed by atoms with van der Waals surface area (Å²) in [6.07, 6.45) is 2.06. The van der Waals surface area contributed by atoms with Crippen molar-refractivity contribution in [2.75, 3.05) is 29.0 Å². The Balaban J connectivity index is 1.70. The summed E-state index contributed by atoms with van der Waals surface area (Å²) in [5.41, 5.74) is 9.86. The molecule has 0 radical (unpaired) electrons. The fourth-order valence-corrected chi connectivity index (χ4v) is 3.31. The molecule has 0 unspecified atom stereocenters. The van der Waals surface area contributed by atoms with Crippen molar-refractivity contribution < 1.29 is 4.79 Å². The maximum Gasteiger partial charge on any atom is 0.245 e. The summed E-state index contributed by atoms with van der Waals surface area (Å²) in [5, 5.41) is 5.44. The first kappa shape index (κ1) is 13.9. The summed E-state index contributed by atoms with van der Waals surface area (Å²) < 4.78 is 0. The Hall–Kier alpha value is -2.08. The van der Waals surface area contributed by atoms with Gasteiger partial charge in [0.2, 0.25) is 5.91 Å². The standard InChI is InChI=1S/C15H18N4OS/c1-10-9-21-15(17-10)18-14(20)8-19-6-2-3-11-7-12(16)4-5-13(11)19/h4-5,7,9H,2-3,6,8,16H2,1H3,(H,17,18,20). The van der Waals surface area contributed by atoms with Crippen LogP contribution in [0.15, 0.2) is 23.6 Å². The second-order valence-electron chi connectivity index (χ2n) is 5.26. The van der Waals surface area contributed by atoms with Crippen molar-refractivity contribution in [1.29, 1.82) is 0 Å².